The third-order valence-corrected chi connectivity index (χ3v) is 3.10. The summed E-state index contributed by atoms with van der Waals surface area (Å²) in [7, 11) is 0. The minimum atomic E-state index is -0.540. The molecule has 0 bridgehead atoms. The van der Waals surface area contributed by atoms with Crippen LogP contribution in [-0.2, 0) is 4.74 Å². The Bertz CT molecular complexity index is 505. The van der Waals surface area contributed by atoms with Gasteiger partial charge < -0.3 is 10.1 Å². The normalized spacial score (nSPS) is 10.1. The number of non-ortho nitro benzene ring substituents is 1. The van der Waals surface area contributed by atoms with Crippen LogP contribution in [0.1, 0.15) is 16.8 Å². The summed E-state index contributed by atoms with van der Waals surface area (Å²) in [4.78, 5) is 22.0. The van der Waals surface area contributed by atoms with Crippen LogP contribution in [0.4, 0.5) is 5.69 Å². The molecule has 108 valence electrons. The van der Waals surface area contributed by atoms with Gasteiger partial charge in [0, 0.05) is 23.2 Å². The van der Waals surface area contributed by atoms with E-state index in [2.05, 4.69) is 27.8 Å². The second-order valence-corrected chi connectivity index (χ2v) is 4.72. The van der Waals surface area contributed by atoms with Gasteiger partial charge in [0.05, 0.1) is 23.7 Å². The summed E-state index contributed by atoms with van der Waals surface area (Å²) in [5.74, 6) is -0.382. The molecule has 1 aromatic carbocycles. The Labute approximate surface area is 125 Å². The Morgan fingerprint density at radius 3 is 2.90 bits per heavy atom. The van der Waals surface area contributed by atoms with Gasteiger partial charge in [0.25, 0.3) is 11.6 Å². The summed E-state index contributed by atoms with van der Waals surface area (Å²) < 4.78 is 5.75. The average molecular weight is 343 g/mol. The number of nitrogens with zero attached hydrogens (tertiary/aromatic N) is 1. The van der Waals surface area contributed by atoms with Crippen molar-refractivity contribution in [1.82, 2.24) is 5.32 Å². The van der Waals surface area contributed by atoms with E-state index in [1.165, 1.54) is 18.2 Å². The van der Waals surface area contributed by atoms with E-state index in [-0.39, 0.29) is 17.2 Å². The second kappa shape index (κ2) is 8.44. The first-order valence-corrected chi connectivity index (χ1v) is 6.76. The lowest BCUT2D eigenvalue weighted by molar-refractivity contribution is -0.384. The van der Waals surface area contributed by atoms with Gasteiger partial charge in [0.1, 0.15) is 0 Å². The smallest absolute Gasteiger partial charge is 0.270 e. The van der Waals surface area contributed by atoms with Gasteiger partial charge in [0.15, 0.2) is 0 Å². The van der Waals surface area contributed by atoms with E-state index < -0.39 is 4.92 Å². The Morgan fingerprint density at radius 2 is 2.25 bits per heavy atom. The van der Waals surface area contributed by atoms with Gasteiger partial charge in [-0.05, 0) is 28.4 Å². The van der Waals surface area contributed by atoms with E-state index in [1.807, 2.05) is 0 Å². The first-order valence-electron chi connectivity index (χ1n) is 5.97. The van der Waals surface area contributed by atoms with E-state index >= 15 is 0 Å². The minimum absolute atomic E-state index is 0.124. The van der Waals surface area contributed by atoms with Crippen LogP contribution in [0.3, 0.4) is 0 Å². The Kier molecular flexibility index (Phi) is 6.89. The number of hydrogen-bond acceptors (Lipinski definition) is 4. The molecule has 6 nitrogen and oxygen atoms in total. The third kappa shape index (κ3) is 5.10. The molecule has 0 saturated carbocycles. The van der Waals surface area contributed by atoms with Crippen molar-refractivity contribution in [3.8, 4) is 0 Å². The van der Waals surface area contributed by atoms with Crippen molar-refractivity contribution in [3.05, 3.63) is 51.0 Å². The number of amides is 1. The van der Waals surface area contributed by atoms with E-state index in [0.29, 0.717) is 24.2 Å². The van der Waals surface area contributed by atoms with Crippen LogP contribution in [-0.4, -0.2) is 30.6 Å². The molecule has 1 amide bonds. The molecule has 0 aliphatic carbocycles. The number of carbonyl (C=O) groups excluding carboxylic acids is 1. The lowest BCUT2D eigenvalue weighted by Gasteiger charge is -2.07. The molecular formula is C13H15BrN2O4. The maximum Gasteiger partial charge on any atom is 0.270 e. The van der Waals surface area contributed by atoms with Gasteiger partial charge in [-0.3, -0.25) is 14.9 Å². The Morgan fingerprint density at radius 1 is 1.50 bits per heavy atom. The molecule has 1 aromatic rings. The van der Waals surface area contributed by atoms with Crippen LogP contribution >= 0.6 is 15.9 Å². The van der Waals surface area contributed by atoms with E-state index in [0.717, 1.165) is 6.42 Å². The zero-order valence-electron chi connectivity index (χ0n) is 10.8. The number of hydrogen-bond donors (Lipinski definition) is 1. The summed E-state index contributed by atoms with van der Waals surface area (Å²) in [5.41, 5.74) is 0.103. The van der Waals surface area contributed by atoms with Crippen molar-refractivity contribution in [2.75, 3.05) is 19.8 Å². The van der Waals surface area contributed by atoms with Crippen molar-refractivity contribution in [2.45, 2.75) is 6.42 Å². The fourth-order valence-electron chi connectivity index (χ4n) is 1.40. The molecule has 0 saturated heterocycles. The molecule has 1 N–H and O–H groups in total. The third-order valence-electron chi connectivity index (χ3n) is 2.40. The zero-order valence-corrected chi connectivity index (χ0v) is 12.4. The molecule has 0 radical (unpaired) electrons. The van der Waals surface area contributed by atoms with Crippen molar-refractivity contribution in [1.29, 1.82) is 0 Å². The molecule has 20 heavy (non-hydrogen) atoms. The Hall–Kier alpha value is -1.73. The molecule has 7 heteroatoms. The molecule has 1 rings (SSSR count). The zero-order chi connectivity index (χ0) is 15.0. The van der Waals surface area contributed by atoms with Gasteiger partial charge in [-0.2, -0.15) is 0 Å². The summed E-state index contributed by atoms with van der Waals surface area (Å²) >= 11 is 3.20. The van der Waals surface area contributed by atoms with E-state index in [9.17, 15) is 14.9 Å². The largest absolute Gasteiger partial charge is 0.379 e. The van der Waals surface area contributed by atoms with Gasteiger partial charge >= 0.3 is 0 Å². The highest BCUT2D eigenvalue weighted by molar-refractivity contribution is 9.10. The number of rotatable bonds is 8. The lowest BCUT2D eigenvalue weighted by Crippen LogP contribution is -2.27. The second-order valence-electron chi connectivity index (χ2n) is 3.87. The average Bonchev–Trinajstić information content (AvgIpc) is 2.42. The summed E-state index contributed by atoms with van der Waals surface area (Å²) in [6.45, 7) is 4.84. The van der Waals surface area contributed by atoms with Gasteiger partial charge in [0.2, 0.25) is 0 Å². The van der Waals surface area contributed by atoms with Crippen molar-refractivity contribution < 1.29 is 14.5 Å². The summed E-state index contributed by atoms with van der Waals surface area (Å²) in [6.07, 6.45) is 2.50. The molecular weight excluding hydrogens is 328 g/mol. The number of nitro groups is 1. The van der Waals surface area contributed by atoms with Crippen molar-refractivity contribution in [2.24, 2.45) is 0 Å². The quantitative estimate of drug-likeness (QED) is 0.341. The van der Waals surface area contributed by atoms with E-state index in [4.69, 9.17) is 4.74 Å². The molecule has 0 aromatic heterocycles. The minimum Gasteiger partial charge on any atom is -0.379 e. The van der Waals surface area contributed by atoms with Crippen LogP contribution in [0, 0.1) is 10.1 Å². The monoisotopic (exact) mass is 342 g/mol. The maximum absolute atomic E-state index is 11.9. The molecule has 0 unspecified atom stereocenters. The van der Waals surface area contributed by atoms with Crippen molar-refractivity contribution >= 4 is 27.5 Å². The number of nitrogens with one attached hydrogen (secondary N) is 1. The first-order chi connectivity index (χ1) is 9.56. The predicted octanol–water partition coefficient (Wildman–Crippen LogP) is 2.68. The molecule has 0 fully saturated rings. The number of benzene rings is 1. The topological polar surface area (TPSA) is 81.5 Å². The van der Waals surface area contributed by atoms with Gasteiger partial charge in [-0.15, -0.1) is 6.58 Å². The van der Waals surface area contributed by atoms with Crippen molar-refractivity contribution in [3.63, 3.8) is 0 Å². The number of halogens is 1. The number of nitro benzene ring substituents is 1. The summed E-state index contributed by atoms with van der Waals surface area (Å²) in [5, 5.41) is 13.3. The SMILES string of the molecule is C=CCCOCCNC(=O)c1cc([N+](=O)[O-])ccc1Br. The maximum atomic E-state index is 11.9. The fourth-order valence-corrected chi connectivity index (χ4v) is 1.83. The number of ether oxygens (including phenoxy) is 1. The van der Waals surface area contributed by atoms with Crippen LogP contribution < -0.4 is 5.32 Å². The standard InChI is InChI=1S/C13H15BrN2O4/c1-2-3-7-20-8-6-15-13(17)11-9-10(16(18)19)4-5-12(11)14/h2,4-5,9H,1,3,6-8H2,(H,15,17). The van der Waals surface area contributed by atoms with Crippen LogP contribution in [0.5, 0.6) is 0 Å². The molecule has 0 atom stereocenters. The molecule has 0 spiro atoms. The fraction of sp³-hybridized carbons (Fsp3) is 0.308. The predicted molar refractivity (Wildman–Crippen MR) is 78.8 cm³/mol. The lowest BCUT2D eigenvalue weighted by atomic mass is 10.2. The highest BCUT2D eigenvalue weighted by Gasteiger charge is 2.14. The summed E-state index contributed by atoms with van der Waals surface area (Å²) in [6, 6.07) is 4.05. The molecule has 0 heterocycles. The molecule has 0 aliphatic heterocycles. The highest BCUT2D eigenvalue weighted by Crippen LogP contribution is 2.22. The van der Waals surface area contributed by atoms with Crippen LogP contribution in [0.25, 0.3) is 0 Å². The van der Waals surface area contributed by atoms with Crippen LogP contribution in [0.2, 0.25) is 0 Å². The first kappa shape index (κ1) is 16.3. The highest BCUT2D eigenvalue weighted by atomic mass is 79.9. The van der Waals surface area contributed by atoms with Gasteiger partial charge in [-0.25, -0.2) is 0 Å². The van der Waals surface area contributed by atoms with Gasteiger partial charge in [-0.1, -0.05) is 6.08 Å². The van der Waals surface area contributed by atoms with E-state index in [1.54, 1.807) is 6.08 Å². The number of carbonyl (C=O) groups is 1. The van der Waals surface area contributed by atoms with Crippen LogP contribution in [0.15, 0.2) is 35.3 Å². The Balaban J connectivity index is 2.52. The molecule has 0 aliphatic rings.